The van der Waals surface area contributed by atoms with E-state index in [0.29, 0.717) is 28.7 Å². The van der Waals surface area contributed by atoms with Gasteiger partial charge in [-0.3, -0.25) is 9.59 Å². The van der Waals surface area contributed by atoms with Crippen molar-refractivity contribution in [1.82, 2.24) is 0 Å². The van der Waals surface area contributed by atoms with Gasteiger partial charge in [-0.15, -0.1) is 0 Å². The number of aryl methyl sites for hydroxylation is 1. The van der Waals surface area contributed by atoms with Crippen LogP contribution in [0.15, 0.2) is 371 Å². The van der Waals surface area contributed by atoms with Crippen LogP contribution in [0.4, 0.5) is 51.5 Å². The number of aliphatic hydroxyl groups excluding tert-OH is 1. The molecule has 0 bridgehead atoms. The third-order valence-electron chi connectivity index (χ3n) is 19.8. The summed E-state index contributed by atoms with van der Waals surface area (Å²) < 4.78 is 244. The molecule has 0 aliphatic heterocycles. The van der Waals surface area contributed by atoms with E-state index in [0.717, 1.165) is 5.56 Å². The molecule has 0 amide bonds. The molecule has 37 heteroatoms. The number of hydrogen-bond donors (Lipinski definition) is 2. The Kier molecular flexibility index (Phi) is 49.4. The molecule has 0 saturated heterocycles. The molecule has 0 aliphatic carbocycles. The van der Waals surface area contributed by atoms with Crippen LogP contribution in [0.1, 0.15) is 172 Å². The number of rotatable bonds is 22. The maximum atomic E-state index is 12.6. The summed E-state index contributed by atoms with van der Waals surface area (Å²) in [6.07, 6.45) is 0.604. The zero-order valence-corrected chi connectivity index (χ0v) is 96.3. The van der Waals surface area contributed by atoms with Gasteiger partial charge in [0.25, 0.3) is 0 Å². The molecule has 0 fully saturated rings. The SMILES string of the molecule is CC(=O)c1ccc(O)cc1.CC(C)(C)OC(=O)COc1ccc([S+](c2ccccc2)c2ccccc2)cc1.CC(C)(C)c1ccc([I+]c2ccc(C(C)(C)C)cc2)cc1.CC(C)(C)c1ccc([I+]c2ccc(C(C)(C)C)cc2)cc1.CC(F)(F)C(F)(F)C(F)(F)S(=O)(=O)[O-].COC(CO)(C(=O)c1ccccc1)c1ccccc1.CS(=O)(=O)[O-].Cc1ccc(S(=O)(=O)[O-])cc1.F[P-](F)(F)(F)(F)F.c1ccc([I+]c2ccccc2)cc1. The third kappa shape index (κ3) is 50.5. The van der Waals surface area contributed by atoms with Crippen molar-refractivity contribution in [3.8, 4) is 11.5 Å². The van der Waals surface area contributed by atoms with Crippen molar-refractivity contribution in [2.75, 3.05) is 26.6 Å². The number of alkyl halides is 6. The summed E-state index contributed by atoms with van der Waals surface area (Å²) >= 11 is -0.112. The Labute approximate surface area is 901 Å². The molecule has 13 rings (SSSR count). The normalized spacial score (nSPS) is 12.7. The molecule has 0 heterocycles. The smallest absolute Gasteiger partial charge is 0.0619 e. The molecule has 17 nitrogen and oxygen atoms in total. The third-order valence-corrected chi connectivity index (χ3v) is 31.8. The Morgan fingerprint density at radius 1 is 0.383 bits per heavy atom. The second-order valence-electron chi connectivity index (χ2n) is 37.9. The molecular formula is C112H124F12I3O17PS4. The zero-order chi connectivity index (χ0) is 113. The van der Waals surface area contributed by atoms with Crippen LogP contribution in [-0.2, 0) is 82.8 Å². The first kappa shape index (κ1) is 131. The molecule has 0 radical (unpaired) electrons. The fourth-order valence-corrected chi connectivity index (χ4v) is 21.6. The first-order chi connectivity index (χ1) is 68.3. The van der Waals surface area contributed by atoms with Crippen LogP contribution in [0.2, 0.25) is 0 Å². The summed E-state index contributed by atoms with van der Waals surface area (Å²) in [4.78, 5) is 38.7. The molecule has 2 N–H and O–H groups in total. The van der Waals surface area contributed by atoms with Gasteiger partial charge in [0.1, 0.15) is 27.2 Å². The van der Waals surface area contributed by atoms with Gasteiger partial charge in [0.15, 0.2) is 64.2 Å². The van der Waals surface area contributed by atoms with Gasteiger partial charge in [-0.25, -0.2) is 30.0 Å². The Bertz CT molecular complexity index is 6330. The number of methoxy groups -OCH3 is 1. The van der Waals surface area contributed by atoms with Crippen molar-refractivity contribution in [1.29, 1.82) is 0 Å². The maximum absolute atomic E-state index is 12.6. The number of Topliss-reactive ketones (excluding diaryl/α,β-unsaturated/α-hetero) is 2. The first-order valence-corrected chi connectivity index (χ1v) is 59.7. The van der Waals surface area contributed by atoms with Crippen LogP contribution >= 0.6 is 7.81 Å². The number of esters is 1. The van der Waals surface area contributed by atoms with Crippen LogP contribution in [-0.4, -0.2) is 116 Å². The second kappa shape index (κ2) is 56.1. The van der Waals surface area contributed by atoms with E-state index in [2.05, 4.69) is 301 Å². The number of hydrogen-bond acceptors (Lipinski definition) is 17. The summed E-state index contributed by atoms with van der Waals surface area (Å²) in [5.41, 5.74) is 7.49. The molecule has 0 saturated carbocycles. The van der Waals surface area contributed by atoms with E-state index < -0.39 is 80.0 Å². The Balaban J connectivity index is 0.000000355. The molecule has 13 aromatic carbocycles. The van der Waals surface area contributed by atoms with E-state index in [4.69, 9.17) is 32.3 Å². The van der Waals surface area contributed by atoms with E-state index in [-0.39, 0.29) is 131 Å². The summed E-state index contributed by atoms with van der Waals surface area (Å²) in [6.45, 7) is 34.9. The summed E-state index contributed by atoms with van der Waals surface area (Å²) in [5, 5.41) is 12.2. The van der Waals surface area contributed by atoms with Crippen molar-refractivity contribution in [3.05, 3.63) is 418 Å². The van der Waals surface area contributed by atoms with Gasteiger partial charge in [0.2, 0.25) is 5.78 Å². The standard InChI is InChI=1S/C24H25O3S.2C20H26I.C16H16O3.C12H10I.C8H8O2.C7H8O3S.C4H4F6O3S.CH4O3S.F6P/c1-24(2,3)27-23(25)18-26-19-14-16-22(17-15-19)28(20-10-6-4-7-11-20)21-12-8-5-9-13-21;2*1-19(2,3)15-7-11-17(12-8-15)21-18-13-9-16(10-14-18)20(4,5)6;1-19-16(12-17,14-10-6-3-7-11-14)15(18)13-8-4-2-5-9-13;1-3-7-11(8-4-1)13-12-9-5-2-6-10-12;1-6(9)7-2-4-8(10)5-3-7;1-6-2-4-7(5-3-6)11(8,9)10;1-2(5,6)3(7,8)4(9,10)14(11,12)13;1-5(2,3)4;1-7(2,3,4,5)6/h4-17H,18H2,1-3H3;2*7-14H,1-6H3;2-11,17H,12H2,1H3;1-10H;2-5,10H,1H3;2-5H,1H3,(H,8,9,10);1H3,(H,11,12,13);1H3,(H,2,3,4);/q3*+1;;+1;;;;;-1/p-3. The average Bonchev–Trinajstić information content (AvgIpc) is 0.746. The van der Waals surface area contributed by atoms with E-state index >= 15 is 0 Å². The predicted molar refractivity (Wildman–Crippen MR) is 548 cm³/mol. The fourth-order valence-electron chi connectivity index (χ4n) is 12.0. The maximum Gasteiger partial charge on any atom is 0.357 e. The van der Waals surface area contributed by atoms with Crippen molar-refractivity contribution in [2.24, 2.45) is 0 Å². The van der Waals surface area contributed by atoms with Crippen LogP contribution < -0.4 is 68.4 Å². The minimum Gasteiger partial charge on any atom is -0.0619 e. The van der Waals surface area contributed by atoms with Gasteiger partial charge >= 0.3 is 120 Å². The van der Waals surface area contributed by atoms with Crippen LogP contribution in [0, 0.1) is 28.3 Å². The van der Waals surface area contributed by atoms with Gasteiger partial charge in [0, 0.05) is 31.4 Å². The van der Waals surface area contributed by atoms with Crippen LogP contribution in [0.25, 0.3) is 0 Å². The second-order valence-corrected chi connectivity index (χ2v) is 55.1. The summed E-state index contributed by atoms with van der Waals surface area (Å²) in [6, 6.07) is 117. The average molecular weight is 2510 g/mol. The number of phenols is 1. The number of ether oxygens (including phenoxy) is 3. The molecule has 0 aromatic heterocycles. The van der Waals surface area contributed by atoms with Crippen molar-refractivity contribution >= 4 is 66.6 Å². The van der Waals surface area contributed by atoms with Crippen molar-refractivity contribution in [3.63, 3.8) is 0 Å². The monoisotopic (exact) mass is 2510 g/mol. The number of carbonyl (C=O) groups is 3. The molecule has 1 unspecified atom stereocenters. The predicted octanol–water partition coefficient (Wildman–Crippen LogP) is 19.0. The molecule has 13 aromatic rings. The number of aromatic hydroxyl groups is 1. The van der Waals surface area contributed by atoms with E-state index in [9.17, 15) is 97.0 Å². The molecule has 0 spiro atoms. The molecule has 808 valence electrons. The van der Waals surface area contributed by atoms with Crippen LogP contribution in [0.5, 0.6) is 11.5 Å². The number of phenolic OH excluding ortho intramolecular Hbond substituents is 1. The van der Waals surface area contributed by atoms with E-state index in [1.807, 2.05) is 76.2 Å². The molecule has 149 heavy (non-hydrogen) atoms. The Morgan fingerprint density at radius 3 is 0.919 bits per heavy atom. The van der Waals surface area contributed by atoms with Crippen molar-refractivity contribution in [2.45, 2.75) is 194 Å². The van der Waals surface area contributed by atoms with Gasteiger partial charge in [0.05, 0.1) is 32.5 Å². The van der Waals surface area contributed by atoms with Gasteiger partial charge < -0.3 is 38.1 Å². The minimum atomic E-state index is -10.7. The quantitative estimate of drug-likeness (QED) is 0.0121. The topological polar surface area (TPSA) is 291 Å². The summed E-state index contributed by atoms with van der Waals surface area (Å²) in [7, 11) is -24.5. The van der Waals surface area contributed by atoms with Gasteiger partial charge in [-0.2, -0.15) is 26.3 Å². The fraction of sp³-hybridized carbons (Fsp3) is 0.277. The molecule has 1 atom stereocenters. The number of ketones is 2. The van der Waals surface area contributed by atoms with E-state index in [1.165, 1.54) is 96.7 Å². The van der Waals surface area contributed by atoms with Crippen LogP contribution in [0.3, 0.4) is 0 Å². The number of aliphatic hydroxyl groups is 1. The number of halogens is 15. The molecular weight excluding hydrogens is 2390 g/mol. The molecule has 0 aliphatic rings. The Morgan fingerprint density at radius 2 is 0.664 bits per heavy atom. The van der Waals surface area contributed by atoms with Crippen molar-refractivity contribution < 1.29 is 193 Å². The number of carbonyl (C=O) groups excluding carboxylic acids is 3. The van der Waals surface area contributed by atoms with Gasteiger partial charge in [-0.05, 0) is 242 Å². The number of benzene rings is 13. The Hall–Kier alpha value is -9.95. The largest absolute Gasteiger partial charge is 0.357 e. The van der Waals surface area contributed by atoms with E-state index in [1.54, 1.807) is 60.7 Å². The van der Waals surface area contributed by atoms with Gasteiger partial charge in [-0.1, -0.05) is 283 Å². The minimum absolute atomic E-state index is 0.0139. The summed E-state index contributed by atoms with van der Waals surface area (Å²) in [5.74, 6) is -11.3. The zero-order valence-electron chi connectivity index (χ0n) is 85.7. The first-order valence-electron chi connectivity index (χ1n) is 45.3.